The zero-order valence-electron chi connectivity index (χ0n) is 9.58. The van der Waals surface area contributed by atoms with Crippen LogP contribution in [-0.4, -0.2) is 9.55 Å². The van der Waals surface area contributed by atoms with E-state index in [4.69, 9.17) is 0 Å². The number of rotatable bonds is 1. The van der Waals surface area contributed by atoms with Gasteiger partial charge in [0.15, 0.2) is 0 Å². The maximum atomic E-state index is 13.6. The molecule has 2 aromatic rings. The number of aromatic nitrogens is 2. The number of hydrogen-bond donors (Lipinski definition) is 1. The number of halogens is 1. The van der Waals surface area contributed by atoms with Crippen LogP contribution < -0.4 is 5.69 Å². The van der Waals surface area contributed by atoms with Crippen LogP contribution in [0.15, 0.2) is 23.0 Å². The van der Waals surface area contributed by atoms with E-state index >= 15 is 0 Å². The summed E-state index contributed by atoms with van der Waals surface area (Å²) in [5, 5.41) is 0. The fourth-order valence-electron chi connectivity index (χ4n) is 2.82. The zero-order chi connectivity index (χ0) is 11.8. The Hall–Kier alpha value is -1.58. The van der Waals surface area contributed by atoms with Gasteiger partial charge in [-0.1, -0.05) is 25.3 Å². The van der Waals surface area contributed by atoms with E-state index in [1.54, 1.807) is 10.6 Å². The smallest absolute Gasteiger partial charge is 0.303 e. The summed E-state index contributed by atoms with van der Waals surface area (Å²) in [6.07, 6.45) is 5.58. The summed E-state index contributed by atoms with van der Waals surface area (Å²) >= 11 is 0. The number of imidazole rings is 1. The van der Waals surface area contributed by atoms with Crippen molar-refractivity contribution in [3.8, 4) is 0 Å². The van der Waals surface area contributed by atoms with Gasteiger partial charge < -0.3 is 4.98 Å². The van der Waals surface area contributed by atoms with E-state index in [1.807, 2.05) is 6.07 Å². The second-order valence-corrected chi connectivity index (χ2v) is 4.73. The van der Waals surface area contributed by atoms with E-state index in [-0.39, 0.29) is 17.5 Å². The van der Waals surface area contributed by atoms with Crippen molar-refractivity contribution >= 4 is 11.0 Å². The summed E-state index contributed by atoms with van der Waals surface area (Å²) in [6, 6.07) is 5.07. The molecule has 17 heavy (non-hydrogen) atoms. The SMILES string of the molecule is O=c1[nH]c2c(F)cccc2n1C1CCCCC1. The summed E-state index contributed by atoms with van der Waals surface area (Å²) in [5.74, 6) is -0.353. The molecule has 0 amide bonds. The van der Waals surface area contributed by atoms with Crippen molar-refractivity contribution in [1.82, 2.24) is 9.55 Å². The van der Waals surface area contributed by atoms with Crippen molar-refractivity contribution in [2.75, 3.05) is 0 Å². The molecule has 1 aliphatic rings. The van der Waals surface area contributed by atoms with Crippen molar-refractivity contribution in [2.24, 2.45) is 0 Å². The minimum atomic E-state index is -0.353. The average Bonchev–Trinajstić information content (AvgIpc) is 2.68. The van der Waals surface area contributed by atoms with E-state index in [1.165, 1.54) is 12.5 Å². The molecule has 3 rings (SSSR count). The average molecular weight is 234 g/mol. The molecule has 1 heterocycles. The van der Waals surface area contributed by atoms with E-state index in [9.17, 15) is 9.18 Å². The Balaban J connectivity index is 2.18. The molecule has 3 nitrogen and oxygen atoms in total. The molecule has 0 aliphatic heterocycles. The van der Waals surface area contributed by atoms with Crippen LogP contribution >= 0.6 is 0 Å². The van der Waals surface area contributed by atoms with Gasteiger partial charge in [-0.05, 0) is 25.0 Å². The Morgan fingerprint density at radius 3 is 2.76 bits per heavy atom. The molecule has 1 aromatic carbocycles. The third-order valence-electron chi connectivity index (χ3n) is 3.64. The van der Waals surface area contributed by atoms with Crippen molar-refractivity contribution in [3.05, 3.63) is 34.5 Å². The molecule has 1 aliphatic carbocycles. The second-order valence-electron chi connectivity index (χ2n) is 4.73. The van der Waals surface area contributed by atoms with E-state index in [2.05, 4.69) is 4.98 Å². The molecule has 0 radical (unpaired) electrons. The number of fused-ring (bicyclic) bond motifs is 1. The molecule has 90 valence electrons. The van der Waals surface area contributed by atoms with E-state index in [0.29, 0.717) is 11.0 Å². The predicted molar refractivity (Wildman–Crippen MR) is 64.6 cm³/mol. The molecular formula is C13H15FN2O. The summed E-state index contributed by atoms with van der Waals surface area (Å²) in [6.45, 7) is 0. The van der Waals surface area contributed by atoms with E-state index < -0.39 is 0 Å². The lowest BCUT2D eigenvalue weighted by Crippen LogP contribution is -2.23. The lowest BCUT2D eigenvalue weighted by Gasteiger charge is -2.22. The number of para-hydroxylation sites is 1. The first kappa shape index (κ1) is 10.6. The first-order valence-electron chi connectivity index (χ1n) is 6.16. The summed E-state index contributed by atoms with van der Waals surface area (Å²) in [5.41, 5.74) is 0.849. The van der Waals surface area contributed by atoms with Gasteiger partial charge in [-0.25, -0.2) is 9.18 Å². The Labute approximate surface area is 98.3 Å². The number of H-pyrrole nitrogens is 1. The highest BCUT2D eigenvalue weighted by Gasteiger charge is 2.20. The lowest BCUT2D eigenvalue weighted by molar-refractivity contribution is 0.353. The highest BCUT2D eigenvalue weighted by atomic mass is 19.1. The van der Waals surface area contributed by atoms with Crippen LogP contribution in [0.4, 0.5) is 4.39 Å². The first-order valence-corrected chi connectivity index (χ1v) is 6.16. The maximum absolute atomic E-state index is 13.6. The van der Waals surface area contributed by atoms with Gasteiger partial charge >= 0.3 is 5.69 Å². The van der Waals surface area contributed by atoms with Crippen LogP contribution in [0.25, 0.3) is 11.0 Å². The van der Waals surface area contributed by atoms with Gasteiger partial charge in [-0.15, -0.1) is 0 Å². The Kier molecular flexibility index (Phi) is 2.50. The largest absolute Gasteiger partial charge is 0.326 e. The van der Waals surface area contributed by atoms with Crippen LogP contribution in [0.5, 0.6) is 0 Å². The highest BCUT2D eigenvalue weighted by molar-refractivity contribution is 5.75. The topological polar surface area (TPSA) is 37.8 Å². The van der Waals surface area contributed by atoms with Crippen LogP contribution in [0.3, 0.4) is 0 Å². The van der Waals surface area contributed by atoms with Gasteiger partial charge in [-0.2, -0.15) is 0 Å². The fraction of sp³-hybridized carbons (Fsp3) is 0.462. The molecule has 0 bridgehead atoms. The molecule has 0 unspecified atom stereocenters. The molecule has 4 heteroatoms. The monoisotopic (exact) mass is 234 g/mol. The second kappa shape index (κ2) is 4.02. The van der Waals surface area contributed by atoms with Crippen LogP contribution in [0, 0.1) is 5.82 Å². The number of nitrogens with one attached hydrogen (secondary N) is 1. The van der Waals surface area contributed by atoms with Crippen LogP contribution in [-0.2, 0) is 0 Å². The summed E-state index contributed by atoms with van der Waals surface area (Å²) in [7, 11) is 0. The minimum absolute atomic E-state index is 0.183. The standard InChI is InChI=1S/C13H15FN2O/c14-10-7-4-8-11-12(10)15-13(17)16(11)9-5-2-1-3-6-9/h4,7-9H,1-3,5-6H2,(H,15,17). The van der Waals surface area contributed by atoms with Gasteiger partial charge in [-0.3, -0.25) is 4.57 Å². The van der Waals surface area contributed by atoms with Crippen molar-refractivity contribution < 1.29 is 4.39 Å². The van der Waals surface area contributed by atoms with Gasteiger partial charge in [0.2, 0.25) is 0 Å². The minimum Gasteiger partial charge on any atom is -0.303 e. The predicted octanol–water partition coefficient (Wildman–Crippen LogP) is 2.97. The Morgan fingerprint density at radius 1 is 1.24 bits per heavy atom. The summed E-state index contributed by atoms with van der Waals surface area (Å²) in [4.78, 5) is 14.6. The molecule has 0 atom stereocenters. The third-order valence-corrected chi connectivity index (χ3v) is 3.64. The summed E-state index contributed by atoms with van der Waals surface area (Å²) < 4.78 is 15.3. The third kappa shape index (κ3) is 1.68. The molecule has 0 saturated heterocycles. The van der Waals surface area contributed by atoms with Crippen LogP contribution in [0.2, 0.25) is 0 Å². The van der Waals surface area contributed by atoms with Crippen molar-refractivity contribution in [3.63, 3.8) is 0 Å². The van der Waals surface area contributed by atoms with E-state index in [0.717, 1.165) is 25.7 Å². The van der Waals surface area contributed by atoms with Gasteiger partial charge in [0.1, 0.15) is 11.3 Å². The Morgan fingerprint density at radius 2 is 2.00 bits per heavy atom. The van der Waals surface area contributed by atoms with Crippen LogP contribution in [0.1, 0.15) is 38.1 Å². The number of nitrogens with zero attached hydrogens (tertiary/aromatic N) is 1. The molecule has 1 aromatic heterocycles. The van der Waals surface area contributed by atoms with Gasteiger partial charge in [0.05, 0.1) is 5.52 Å². The number of benzene rings is 1. The fourth-order valence-corrected chi connectivity index (χ4v) is 2.82. The van der Waals surface area contributed by atoms with Crippen molar-refractivity contribution in [1.29, 1.82) is 0 Å². The quantitative estimate of drug-likeness (QED) is 0.809. The molecule has 0 spiro atoms. The number of aromatic amines is 1. The number of hydrogen-bond acceptors (Lipinski definition) is 1. The molecule has 1 N–H and O–H groups in total. The highest BCUT2D eigenvalue weighted by Crippen LogP contribution is 2.29. The molecular weight excluding hydrogens is 219 g/mol. The van der Waals surface area contributed by atoms with Gasteiger partial charge in [0, 0.05) is 6.04 Å². The van der Waals surface area contributed by atoms with Gasteiger partial charge in [0.25, 0.3) is 0 Å². The maximum Gasteiger partial charge on any atom is 0.326 e. The lowest BCUT2D eigenvalue weighted by atomic mass is 9.95. The van der Waals surface area contributed by atoms with Crippen molar-refractivity contribution in [2.45, 2.75) is 38.1 Å². The normalized spacial score (nSPS) is 17.7. The molecule has 1 saturated carbocycles. The molecule has 1 fully saturated rings. The Bertz CT molecular complexity index is 593. The first-order chi connectivity index (χ1) is 8.27. The zero-order valence-corrected chi connectivity index (χ0v) is 9.58.